The highest BCUT2D eigenvalue weighted by Crippen LogP contribution is 2.36. The first-order valence-electron chi connectivity index (χ1n) is 10.9. The Labute approximate surface area is 186 Å². The molecule has 0 aliphatic rings. The van der Waals surface area contributed by atoms with Crippen molar-refractivity contribution >= 4 is 5.78 Å². The van der Waals surface area contributed by atoms with E-state index in [1.807, 2.05) is 75.6 Å². The highest BCUT2D eigenvalue weighted by Gasteiger charge is 2.32. The van der Waals surface area contributed by atoms with Gasteiger partial charge in [0.15, 0.2) is 5.78 Å². The van der Waals surface area contributed by atoms with Crippen molar-refractivity contribution in [3.8, 4) is 5.75 Å². The lowest BCUT2D eigenvalue weighted by Crippen LogP contribution is -2.28. The van der Waals surface area contributed by atoms with E-state index in [0.29, 0.717) is 6.42 Å². The fraction of sp³-hybridized carbons (Fsp3) is 0.321. The molecule has 162 valence electrons. The molecule has 1 atom stereocenters. The van der Waals surface area contributed by atoms with E-state index in [9.17, 15) is 4.79 Å². The maximum atomic E-state index is 13.4. The van der Waals surface area contributed by atoms with Crippen LogP contribution in [0, 0.1) is 6.92 Å². The summed E-state index contributed by atoms with van der Waals surface area (Å²) in [4.78, 5) is 15.5. The summed E-state index contributed by atoms with van der Waals surface area (Å²) in [5.41, 5.74) is 3.59. The van der Waals surface area contributed by atoms with E-state index in [-0.39, 0.29) is 11.9 Å². The van der Waals surface area contributed by atoms with Crippen molar-refractivity contribution in [3.05, 3.63) is 101 Å². The van der Waals surface area contributed by atoms with Gasteiger partial charge < -0.3 is 9.64 Å². The molecular weight excluding hydrogens is 382 g/mol. The fourth-order valence-corrected chi connectivity index (χ4v) is 4.13. The maximum absolute atomic E-state index is 13.4. The number of Topliss-reactive ketones (excluding diaryl/α,β-unsaturated/α-hetero) is 1. The van der Waals surface area contributed by atoms with Crippen LogP contribution in [0.2, 0.25) is 0 Å². The minimum atomic E-state index is -0.400. The number of carbonyl (C=O) groups excluding carboxylic acids is 1. The zero-order chi connectivity index (χ0) is 22.4. The predicted molar refractivity (Wildman–Crippen MR) is 128 cm³/mol. The van der Waals surface area contributed by atoms with Crippen molar-refractivity contribution < 1.29 is 9.53 Å². The van der Waals surface area contributed by atoms with Gasteiger partial charge in [-0.05, 0) is 62.8 Å². The molecule has 0 spiro atoms. The smallest absolute Gasteiger partial charge is 0.164 e. The molecule has 0 saturated carbocycles. The van der Waals surface area contributed by atoms with Crippen molar-refractivity contribution in [1.82, 2.24) is 4.90 Å². The Hall–Kier alpha value is -2.91. The summed E-state index contributed by atoms with van der Waals surface area (Å²) < 4.78 is 6.08. The number of hydrogen-bond donors (Lipinski definition) is 0. The van der Waals surface area contributed by atoms with Gasteiger partial charge in [-0.2, -0.15) is 0 Å². The van der Waals surface area contributed by atoms with Gasteiger partial charge in [-0.25, -0.2) is 0 Å². The van der Waals surface area contributed by atoms with Crippen molar-refractivity contribution in [3.63, 3.8) is 0 Å². The van der Waals surface area contributed by atoms with Crippen molar-refractivity contribution in [2.45, 2.75) is 38.7 Å². The van der Waals surface area contributed by atoms with Crippen LogP contribution in [0.5, 0.6) is 5.75 Å². The molecule has 0 radical (unpaired) electrons. The molecule has 3 heteroatoms. The van der Waals surface area contributed by atoms with Gasteiger partial charge in [0.2, 0.25) is 0 Å². The summed E-state index contributed by atoms with van der Waals surface area (Å²) in [7, 11) is 4.07. The summed E-state index contributed by atoms with van der Waals surface area (Å²) in [6, 6.07) is 26.4. The van der Waals surface area contributed by atoms with Crippen LogP contribution < -0.4 is 4.74 Å². The number of ether oxygens (including phenoxy) is 1. The van der Waals surface area contributed by atoms with E-state index in [0.717, 1.165) is 34.5 Å². The number of ketones is 1. The van der Waals surface area contributed by atoms with Crippen LogP contribution in [0.4, 0.5) is 0 Å². The van der Waals surface area contributed by atoms with Crippen LogP contribution in [0.25, 0.3) is 0 Å². The number of likely N-dealkylation sites (N-methyl/N-ethyl adjacent to an activating group) is 1. The van der Waals surface area contributed by atoms with Gasteiger partial charge in [0, 0.05) is 23.9 Å². The molecule has 0 aliphatic heterocycles. The van der Waals surface area contributed by atoms with Crippen molar-refractivity contribution in [2.75, 3.05) is 20.6 Å². The molecule has 0 saturated heterocycles. The van der Waals surface area contributed by atoms with E-state index < -0.39 is 5.41 Å². The standard InChI is InChI=1S/C28H33NO2/c1-21-18-23(16-17-27(21)31-22(2)20-29(4)5)26(30)19-28(3,24-12-8-6-9-13-24)25-14-10-7-11-15-25/h6-18,22H,19-20H2,1-5H3. The third-order valence-electron chi connectivity index (χ3n) is 5.78. The van der Waals surface area contributed by atoms with E-state index in [1.165, 1.54) is 0 Å². The Morgan fingerprint density at radius 1 is 0.935 bits per heavy atom. The summed E-state index contributed by atoms with van der Waals surface area (Å²) in [6.07, 6.45) is 0.479. The van der Waals surface area contributed by atoms with Gasteiger partial charge in [-0.15, -0.1) is 0 Å². The number of nitrogens with zero attached hydrogens (tertiary/aromatic N) is 1. The second-order valence-corrected chi connectivity index (χ2v) is 8.84. The van der Waals surface area contributed by atoms with Crippen LogP contribution in [0.3, 0.4) is 0 Å². The van der Waals surface area contributed by atoms with Crippen LogP contribution in [0.1, 0.15) is 47.3 Å². The zero-order valence-corrected chi connectivity index (χ0v) is 19.3. The number of carbonyl (C=O) groups is 1. The maximum Gasteiger partial charge on any atom is 0.164 e. The Morgan fingerprint density at radius 3 is 1.97 bits per heavy atom. The average molecular weight is 416 g/mol. The minimum absolute atomic E-state index is 0.0784. The average Bonchev–Trinajstić information content (AvgIpc) is 2.75. The van der Waals surface area contributed by atoms with Crippen LogP contribution in [-0.4, -0.2) is 37.4 Å². The first kappa shape index (κ1) is 22.8. The highest BCUT2D eigenvalue weighted by atomic mass is 16.5. The number of benzene rings is 3. The van der Waals surface area contributed by atoms with Crippen LogP contribution >= 0.6 is 0 Å². The first-order chi connectivity index (χ1) is 14.8. The lowest BCUT2D eigenvalue weighted by molar-refractivity contribution is 0.0962. The Balaban J connectivity index is 1.85. The molecular formula is C28H33NO2. The molecule has 3 aromatic rings. The molecule has 0 amide bonds. The summed E-state index contributed by atoms with van der Waals surface area (Å²) >= 11 is 0. The molecule has 3 nitrogen and oxygen atoms in total. The molecule has 0 fully saturated rings. The fourth-order valence-electron chi connectivity index (χ4n) is 4.13. The minimum Gasteiger partial charge on any atom is -0.489 e. The topological polar surface area (TPSA) is 29.5 Å². The third kappa shape index (κ3) is 5.62. The quantitative estimate of drug-likeness (QED) is 0.407. The van der Waals surface area contributed by atoms with Gasteiger partial charge in [0.1, 0.15) is 11.9 Å². The number of aryl methyl sites for hydroxylation is 1. The van der Waals surface area contributed by atoms with Gasteiger partial charge >= 0.3 is 0 Å². The monoisotopic (exact) mass is 415 g/mol. The molecule has 3 aromatic carbocycles. The molecule has 1 unspecified atom stereocenters. The first-order valence-corrected chi connectivity index (χ1v) is 10.9. The third-order valence-corrected chi connectivity index (χ3v) is 5.78. The van der Waals surface area contributed by atoms with Crippen LogP contribution in [0.15, 0.2) is 78.9 Å². The molecule has 3 rings (SSSR count). The molecule has 0 N–H and O–H groups in total. The van der Waals surface area contributed by atoms with E-state index in [1.54, 1.807) is 0 Å². The highest BCUT2D eigenvalue weighted by molar-refractivity contribution is 5.97. The Kier molecular flexibility index (Phi) is 7.29. The van der Waals surface area contributed by atoms with Gasteiger partial charge in [-0.3, -0.25) is 4.79 Å². The zero-order valence-electron chi connectivity index (χ0n) is 19.3. The predicted octanol–water partition coefficient (Wildman–Crippen LogP) is 5.90. The van der Waals surface area contributed by atoms with E-state index >= 15 is 0 Å². The lowest BCUT2D eigenvalue weighted by Gasteiger charge is -2.30. The van der Waals surface area contributed by atoms with Crippen LogP contribution in [-0.2, 0) is 5.41 Å². The van der Waals surface area contributed by atoms with Crippen molar-refractivity contribution in [2.24, 2.45) is 0 Å². The van der Waals surface area contributed by atoms with Crippen molar-refractivity contribution in [1.29, 1.82) is 0 Å². The molecule has 31 heavy (non-hydrogen) atoms. The summed E-state index contributed by atoms with van der Waals surface area (Å²) in [5, 5.41) is 0. The number of hydrogen-bond acceptors (Lipinski definition) is 3. The Morgan fingerprint density at radius 2 is 1.48 bits per heavy atom. The Bertz CT molecular complexity index is 957. The normalized spacial score (nSPS) is 12.6. The largest absolute Gasteiger partial charge is 0.489 e. The molecule has 0 aromatic heterocycles. The van der Waals surface area contributed by atoms with Gasteiger partial charge in [0.25, 0.3) is 0 Å². The second-order valence-electron chi connectivity index (χ2n) is 8.84. The van der Waals surface area contributed by atoms with Gasteiger partial charge in [-0.1, -0.05) is 67.6 Å². The molecule has 0 bridgehead atoms. The van der Waals surface area contributed by atoms with Gasteiger partial charge in [0.05, 0.1) is 0 Å². The lowest BCUT2D eigenvalue weighted by atomic mass is 9.72. The summed E-state index contributed by atoms with van der Waals surface area (Å²) in [5.74, 6) is 0.964. The number of rotatable bonds is 9. The summed E-state index contributed by atoms with van der Waals surface area (Å²) in [6.45, 7) is 7.06. The SMILES string of the molecule is Cc1cc(C(=O)CC(C)(c2ccccc2)c2ccccc2)ccc1OC(C)CN(C)C. The molecule has 0 aliphatic carbocycles. The second kappa shape index (κ2) is 9.93. The molecule has 0 heterocycles. The van der Waals surface area contributed by atoms with E-state index in [4.69, 9.17) is 4.74 Å². The van der Waals surface area contributed by atoms with E-state index in [2.05, 4.69) is 43.0 Å².